The lowest BCUT2D eigenvalue weighted by molar-refractivity contribution is 0.0947. The normalized spacial score (nSPS) is 18.9. The first-order chi connectivity index (χ1) is 16.6. The van der Waals surface area contributed by atoms with Crippen LogP contribution in [0.1, 0.15) is 53.2 Å². The van der Waals surface area contributed by atoms with Crippen LogP contribution >= 0.6 is 0 Å². The molecule has 8 heteroatoms. The quantitative estimate of drug-likeness (QED) is 0.565. The van der Waals surface area contributed by atoms with Crippen LogP contribution in [0.5, 0.6) is 0 Å². The zero-order valence-corrected chi connectivity index (χ0v) is 19.3. The summed E-state index contributed by atoms with van der Waals surface area (Å²) >= 11 is 0. The van der Waals surface area contributed by atoms with Crippen molar-refractivity contribution in [2.75, 3.05) is 37.6 Å². The van der Waals surface area contributed by atoms with Crippen LogP contribution in [-0.2, 0) is 6.54 Å². The molecule has 4 heterocycles. The number of hydrogen-bond acceptors (Lipinski definition) is 6. The number of nitrogens with zero attached hydrogens (tertiary/aromatic N) is 4. The molecule has 2 saturated carbocycles. The maximum absolute atomic E-state index is 12.4. The second-order valence-corrected chi connectivity index (χ2v) is 9.92. The van der Waals surface area contributed by atoms with Crippen LogP contribution in [0.3, 0.4) is 0 Å². The molecule has 3 aromatic heterocycles. The lowest BCUT2D eigenvalue weighted by Gasteiger charge is -2.36. The second kappa shape index (κ2) is 8.83. The third-order valence-electron chi connectivity index (χ3n) is 7.17. The molecule has 0 spiro atoms. The first kappa shape index (κ1) is 21.3. The molecule has 0 bridgehead atoms. The molecule has 0 unspecified atom stereocenters. The molecule has 3 aromatic rings. The fourth-order valence-electron chi connectivity index (χ4n) is 4.70. The van der Waals surface area contributed by atoms with Crippen LogP contribution in [0, 0.1) is 5.92 Å². The van der Waals surface area contributed by atoms with Crippen molar-refractivity contribution >= 4 is 22.6 Å². The van der Waals surface area contributed by atoms with Crippen molar-refractivity contribution in [3.8, 4) is 0 Å². The number of fused-ring (bicyclic) bond motifs is 1. The van der Waals surface area contributed by atoms with Crippen LogP contribution in [-0.4, -0.2) is 58.5 Å². The molecule has 0 atom stereocenters. The van der Waals surface area contributed by atoms with E-state index in [0.717, 1.165) is 80.0 Å². The number of aromatic amines is 1. The minimum absolute atomic E-state index is 0.0302. The number of nitrogens with one attached hydrogen (secondary N) is 2. The topological polar surface area (TPSA) is 94.2 Å². The molecule has 6 rings (SSSR count). The Hall–Kier alpha value is -3.26. The molecular weight excluding hydrogens is 428 g/mol. The van der Waals surface area contributed by atoms with Crippen LogP contribution in [0.4, 0.5) is 5.69 Å². The average Bonchev–Trinajstić information content (AvgIpc) is 3.77. The monoisotopic (exact) mass is 458 g/mol. The first-order valence-electron chi connectivity index (χ1n) is 12.4. The molecule has 1 saturated heterocycles. The molecule has 34 heavy (non-hydrogen) atoms. The summed E-state index contributed by atoms with van der Waals surface area (Å²) in [5.74, 6) is 0.992. The van der Waals surface area contributed by atoms with Gasteiger partial charge >= 0.3 is 0 Å². The Morgan fingerprint density at radius 3 is 2.56 bits per heavy atom. The Bertz CT molecular complexity index is 1250. The summed E-state index contributed by atoms with van der Waals surface area (Å²) in [5.41, 5.74) is 5.24. The maximum Gasteiger partial charge on any atom is 0.269 e. The maximum atomic E-state index is 12.4. The number of carbonyl (C=O) groups is 1. The summed E-state index contributed by atoms with van der Waals surface area (Å²) in [5, 5.41) is 2.97. The standard InChI is InChI=1S/C26H30N6O2/c33-25-21(19-3-4-19)12-23-24(30-25)11-18(14-27-23)16-31-7-9-32(10-8-31)20-5-6-22(28-15-20)26(34)29-13-17-1-2-17/h5-6,11-12,14-15,17,19H,1-4,7-10,13,16H2,(H,29,34)(H,30,33). The van der Waals surface area contributed by atoms with Gasteiger partial charge in [0.1, 0.15) is 5.69 Å². The van der Waals surface area contributed by atoms with Gasteiger partial charge in [-0.15, -0.1) is 0 Å². The van der Waals surface area contributed by atoms with Gasteiger partial charge in [-0.2, -0.15) is 0 Å². The summed E-state index contributed by atoms with van der Waals surface area (Å²) in [6.07, 6.45) is 8.39. The Balaban J connectivity index is 1.04. The van der Waals surface area contributed by atoms with E-state index in [9.17, 15) is 9.59 Å². The minimum atomic E-state index is -0.0858. The van der Waals surface area contributed by atoms with Crippen molar-refractivity contribution in [3.05, 3.63) is 63.8 Å². The highest BCUT2D eigenvalue weighted by Crippen LogP contribution is 2.38. The number of aromatic nitrogens is 3. The van der Waals surface area contributed by atoms with Gasteiger partial charge in [0.15, 0.2) is 0 Å². The van der Waals surface area contributed by atoms with Gasteiger partial charge in [-0.25, -0.2) is 4.98 Å². The van der Waals surface area contributed by atoms with Crippen molar-refractivity contribution in [1.82, 2.24) is 25.2 Å². The number of H-pyrrole nitrogens is 1. The number of piperazine rings is 1. The number of amides is 1. The van der Waals surface area contributed by atoms with E-state index >= 15 is 0 Å². The lowest BCUT2D eigenvalue weighted by atomic mass is 10.1. The van der Waals surface area contributed by atoms with Gasteiger partial charge in [-0.1, -0.05) is 0 Å². The van der Waals surface area contributed by atoms with Crippen LogP contribution in [0.25, 0.3) is 11.0 Å². The first-order valence-corrected chi connectivity index (χ1v) is 12.4. The van der Waals surface area contributed by atoms with Crippen molar-refractivity contribution < 1.29 is 4.79 Å². The average molecular weight is 459 g/mol. The van der Waals surface area contributed by atoms with Gasteiger partial charge < -0.3 is 15.2 Å². The predicted octanol–water partition coefficient (Wildman–Crippen LogP) is 2.66. The van der Waals surface area contributed by atoms with Crippen molar-refractivity contribution in [2.45, 2.75) is 38.1 Å². The van der Waals surface area contributed by atoms with Gasteiger partial charge in [0, 0.05) is 51.0 Å². The summed E-state index contributed by atoms with van der Waals surface area (Å²) < 4.78 is 0. The highest BCUT2D eigenvalue weighted by atomic mass is 16.2. The number of pyridine rings is 3. The van der Waals surface area contributed by atoms with Crippen LogP contribution in [0.15, 0.2) is 41.5 Å². The van der Waals surface area contributed by atoms with E-state index in [1.807, 2.05) is 24.4 Å². The Labute approximate surface area is 198 Å². The smallest absolute Gasteiger partial charge is 0.269 e. The molecule has 8 nitrogen and oxygen atoms in total. The Kier molecular flexibility index (Phi) is 5.53. The van der Waals surface area contributed by atoms with E-state index in [4.69, 9.17) is 0 Å². The fraction of sp³-hybridized carbons (Fsp3) is 0.462. The van der Waals surface area contributed by atoms with Gasteiger partial charge in [0.2, 0.25) is 0 Å². The van der Waals surface area contributed by atoms with E-state index in [1.165, 1.54) is 12.8 Å². The van der Waals surface area contributed by atoms with E-state index in [-0.39, 0.29) is 11.5 Å². The SMILES string of the molecule is O=C(NCC1CC1)c1ccc(N2CCN(Cc3cnc4cc(C5CC5)c(=O)[nH]c4c3)CC2)cn1. The number of anilines is 1. The van der Waals surface area contributed by atoms with E-state index in [1.54, 1.807) is 6.20 Å². The molecule has 1 aliphatic heterocycles. The zero-order chi connectivity index (χ0) is 23.1. The van der Waals surface area contributed by atoms with Crippen LogP contribution in [0.2, 0.25) is 0 Å². The summed E-state index contributed by atoms with van der Waals surface area (Å²) in [7, 11) is 0. The summed E-state index contributed by atoms with van der Waals surface area (Å²) in [4.78, 5) is 41.4. The molecule has 176 valence electrons. The molecule has 3 aliphatic rings. The van der Waals surface area contributed by atoms with Crippen LogP contribution < -0.4 is 15.8 Å². The van der Waals surface area contributed by atoms with E-state index in [2.05, 4.69) is 36.1 Å². The predicted molar refractivity (Wildman–Crippen MR) is 131 cm³/mol. The number of hydrogen-bond donors (Lipinski definition) is 2. The van der Waals surface area contributed by atoms with Gasteiger partial charge in [0.25, 0.3) is 11.5 Å². The Morgan fingerprint density at radius 1 is 1.03 bits per heavy atom. The van der Waals surface area contributed by atoms with Crippen molar-refractivity contribution in [2.24, 2.45) is 5.92 Å². The van der Waals surface area contributed by atoms with Gasteiger partial charge in [-0.3, -0.25) is 19.5 Å². The molecule has 0 radical (unpaired) electrons. The molecular formula is C26H30N6O2. The molecule has 2 N–H and O–H groups in total. The zero-order valence-electron chi connectivity index (χ0n) is 19.3. The highest BCUT2D eigenvalue weighted by molar-refractivity contribution is 5.92. The number of carbonyl (C=O) groups excluding carboxylic acids is 1. The highest BCUT2D eigenvalue weighted by Gasteiger charge is 2.27. The second-order valence-electron chi connectivity index (χ2n) is 9.92. The largest absolute Gasteiger partial charge is 0.368 e. The summed E-state index contributed by atoms with van der Waals surface area (Å²) in [6, 6.07) is 7.84. The summed E-state index contributed by atoms with van der Waals surface area (Å²) in [6.45, 7) is 5.22. The van der Waals surface area contributed by atoms with Crippen molar-refractivity contribution in [3.63, 3.8) is 0 Å². The molecule has 2 aliphatic carbocycles. The van der Waals surface area contributed by atoms with Crippen molar-refractivity contribution in [1.29, 1.82) is 0 Å². The molecule has 0 aromatic carbocycles. The van der Waals surface area contributed by atoms with E-state index < -0.39 is 0 Å². The van der Waals surface area contributed by atoms with Gasteiger partial charge in [-0.05, 0) is 67.3 Å². The van der Waals surface area contributed by atoms with E-state index in [0.29, 0.717) is 17.5 Å². The molecule has 3 fully saturated rings. The lowest BCUT2D eigenvalue weighted by Crippen LogP contribution is -2.46. The third-order valence-corrected chi connectivity index (χ3v) is 7.17. The fourth-order valence-corrected chi connectivity index (χ4v) is 4.70. The van der Waals surface area contributed by atoms with Gasteiger partial charge in [0.05, 0.1) is 22.9 Å². The Morgan fingerprint density at radius 2 is 1.85 bits per heavy atom. The third kappa shape index (κ3) is 4.68. The number of rotatable bonds is 7. The minimum Gasteiger partial charge on any atom is -0.368 e. The molecule has 1 amide bonds.